The SMILES string of the molecule is N#Cc1cc(N)ccc1Nc1cccc2cccnc12. The maximum Gasteiger partial charge on any atom is 0.101 e. The van der Waals surface area contributed by atoms with E-state index < -0.39 is 0 Å². The molecule has 0 atom stereocenters. The van der Waals surface area contributed by atoms with E-state index in [1.807, 2.05) is 30.3 Å². The van der Waals surface area contributed by atoms with Crippen LogP contribution in [0, 0.1) is 11.3 Å². The van der Waals surface area contributed by atoms with Crippen molar-refractivity contribution in [3.05, 3.63) is 60.3 Å². The lowest BCUT2D eigenvalue weighted by atomic mass is 10.1. The van der Waals surface area contributed by atoms with Gasteiger partial charge in [0.15, 0.2) is 0 Å². The lowest BCUT2D eigenvalue weighted by Gasteiger charge is -2.10. The molecule has 2 aromatic carbocycles. The number of anilines is 3. The molecule has 1 heterocycles. The van der Waals surface area contributed by atoms with Crippen molar-refractivity contribution in [1.82, 2.24) is 4.98 Å². The van der Waals surface area contributed by atoms with Crippen LogP contribution >= 0.6 is 0 Å². The van der Waals surface area contributed by atoms with E-state index in [2.05, 4.69) is 16.4 Å². The smallest absolute Gasteiger partial charge is 0.101 e. The van der Waals surface area contributed by atoms with Gasteiger partial charge >= 0.3 is 0 Å². The first kappa shape index (κ1) is 12.0. The first-order valence-corrected chi connectivity index (χ1v) is 6.18. The number of aromatic nitrogens is 1. The highest BCUT2D eigenvalue weighted by Crippen LogP contribution is 2.27. The topological polar surface area (TPSA) is 74.7 Å². The van der Waals surface area contributed by atoms with Crippen LogP contribution in [0.4, 0.5) is 17.1 Å². The maximum atomic E-state index is 9.17. The fourth-order valence-corrected chi connectivity index (χ4v) is 2.11. The van der Waals surface area contributed by atoms with Gasteiger partial charge in [0.25, 0.3) is 0 Å². The largest absolute Gasteiger partial charge is 0.399 e. The van der Waals surface area contributed by atoms with Crippen LogP contribution < -0.4 is 11.1 Å². The van der Waals surface area contributed by atoms with Gasteiger partial charge in [-0.3, -0.25) is 4.98 Å². The van der Waals surface area contributed by atoms with E-state index in [-0.39, 0.29) is 0 Å². The summed E-state index contributed by atoms with van der Waals surface area (Å²) in [5.74, 6) is 0. The molecule has 0 unspecified atom stereocenters. The molecule has 4 nitrogen and oxygen atoms in total. The molecule has 0 amide bonds. The van der Waals surface area contributed by atoms with Crippen LogP contribution in [0.1, 0.15) is 5.56 Å². The van der Waals surface area contributed by atoms with E-state index >= 15 is 0 Å². The molecule has 0 radical (unpaired) electrons. The summed E-state index contributed by atoms with van der Waals surface area (Å²) >= 11 is 0. The van der Waals surface area contributed by atoms with Crippen LogP contribution in [0.3, 0.4) is 0 Å². The molecule has 3 N–H and O–H groups in total. The van der Waals surface area contributed by atoms with Crippen LogP contribution in [-0.4, -0.2) is 4.98 Å². The van der Waals surface area contributed by atoms with E-state index in [4.69, 9.17) is 5.73 Å². The van der Waals surface area contributed by atoms with Gasteiger partial charge < -0.3 is 11.1 Å². The monoisotopic (exact) mass is 260 g/mol. The molecule has 3 rings (SSSR count). The molecule has 96 valence electrons. The number of hydrogen-bond donors (Lipinski definition) is 2. The number of nitrogens with zero attached hydrogens (tertiary/aromatic N) is 2. The quantitative estimate of drug-likeness (QED) is 0.692. The molecule has 0 aliphatic heterocycles. The molecule has 0 aliphatic rings. The summed E-state index contributed by atoms with van der Waals surface area (Å²) in [5, 5.41) is 13.5. The average Bonchev–Trinajstić information content (AvgIpc) is 2.49. The molecule has 0 fully saturated rings. The maximum absolute atomic E-state index is 9.17. The van der Waals surface area contributed by atoms with E-state index in [9.17, 15) is 5.26 Å². The standard InChI is InChI=1S/C16H12N4/c17-10-12-9-13(18)6-7-14(12)20-15-5-1-3-11-4-2-8-19-16(11)15/h1-9,20H,18H2. The molecule has 1 aromatic heterocycles. The van der Waals surface area contributed by atoms with Gasteiger partial charge in [-0.15, -0.1) is 0 Å². The Hall–Kier alpha value is -3.06. The average molecular weight is 260 g/mol. The number of nitriles is 1. The summed E-state index contributed by atoms with van der Waals surface area (Å²) < 4.78 is 0. The summed E-state index contributed by atoms with van der Waals surface area (Å²) in [6.07, 6.45) is 1.75. The minimum atomic E-state index is 0.512. The molecule has 20 heavy (non-hydrogen) atoms. The van der Waals surface area contributed by atoms with Crippen LogP contribution in [0.2, 0.25) is 0 Å². The van der Waals surface area contributed by atoms with Crippen LogP contribution in [0.25, 0.3) is 10.9 Å². The van der Waals surface area contributed by atoms with Gasteiger partial charge in [-0.2, -0.15) is 5.26 Å². The van der Waals surface area contributed by atoms with Gasteiger partial charge in [0.05, 0.1) is 22.5 Å². The lowest BCUT2D eigenvalue weighted by Crippen LogP contribution is -1.96. The lowest BCUT2D eigenvalue weighted by molar-refractivity contribution is 1.40. The van der Waals surface area contributed by atoms with Crippen LogP contribution in [0.15, 0.2) is 54.7 Å². The number of nitrogen functional groups attached to an aromatic ring is 1. The van der Waals surface area contributed by atoms with Crippen molar-refractivity contribution in [3.8, 4) is 6.07 Å². The van der Waals surface area contributed by atoms with Gasteiger partial charge in [-0.1, -0.05) is 18.2 Å². The Labute approximate surface area is 116 Å². The number of pyridine rings is 1. The van der Waals surface area contributed by atoms with Crippen LogP contribution in [0.5, 0.6) is 0 Å². The Morgan fingerprint density at radius 3 is 2.75 bits per heavy atom. The zero-order valence-corrected chi connectivity index (χ0v) is 10.7. The van der Waals surface area contributed by atoms with E-state index in [1.165, 1.54) is 0 Å². The third-order valence-electron chi connectivity index (χ3n) is 3.07. The van der Waals surface area contributed by atoms with E-state index in [0.29, 0.717) is 11.3 Å². The predicted octanol–water partition coefficient (Wildman–Crippen LogP) is 3.43. The molecule has 0 saturated heterocycles. The summed E-state index contributed by atoms with van der Waals surface area (Å²) in [7, 11) is 0. The molecule has 4 heteroatoms. The predicted molar refractivity (Wildman–Crippen MR) is 80.6 cm³/mol. The Balaban J connectivity index is 2.08. The van der Waals surface area contributed by atoms with E-state index in [0.717, 1.165) is 22.3 Å². The van der Waals surface area contributed by atoms with Crippen molar-refractivity contribution in [2.75, 3.05) is 11.1 Å². The van der Waals surface area contributed by atoms with Gasteiger partial charge in [0.1, 0.15) is 6.07 Å². The normalized spacial score (nSPS) is 10.2. The van der Waals surface area contributed by atoms with Crippen molar-refractivity contribution < 1.29 is 0 Å². The minimum Gasteiger partial charge on any atom is -0.399 e. The van der Waals surface area contributed by atoms with E-state index in [1.54, 1.807) is 24.4 Å². The van der Waals surface area contributed by atoms with Gasteiger partial charge in [0, 0.05) is 17.3 Å². The molecule has 0 saturated carbocycles. The zero-order chi connectivity index (χ0) is 13.9. The molecule has 3 aromatic rings. The zero-order valence-electron chi connectivity index (χ0n) is 10.7. The Morgan fingerprint density at radius 2 is 1.90 bits per heavy atom. The minimum absolute atomic E-state index is 0.512. The third kappa shape index (κ3) is 2.13. The second-order valence-electron chi connectivity index (χ2n) is 4.42. The first-order valence-electron chi connectivity index (χ1n) is 6.18. The highest BCUT2D eigenvalue weighted by atomic mass is 14.9. The Morgan fingerprint density at radius 1 is 1.05 bits per heavy atom. The first-order chi connectivity index (χ1) is 9.78. The van der Waals surface area contributed by atoms with Crippen molar-refractivity contribution in [2.45, 2.75) is 0 Å². The highest BCUT2D eigenvalue weighted by molar-refractivity contribution is 5.92. The number of para-hydroxylation sites is 1. The van der Waals surface area contributed by atoms with Crippen molar-refractivity contribution in [1.29, 1.82) is 5.26 Å². The molecule has 0 spiro atoms. The fourth-order valence-electron chi connectivity index (χ4n) is 2.11. The summed E-state index contributed by atoms with van der Waals surface area (Å²) in [6, 6.07) is 17.2. The fraction of sp³-hybridized carbons (Fsp3) is 0. The number of hydrogen-bond acceptors (Lipinski definition) is 4. The molecule has 0 bridgehead atoms. The number of nitrogens with one attached hydrogen (secondary N) is 1. The summed E-state index contributed by atoms with van der Waals surface area (Å²) in [6.45, 7) is 0. The van der Waals surface area contributed by atoms with Gasteiger partial charge in [-0.05, 0) is 30.3 Å². The third-order valence-corrected chi connectivity index (χ3v) is 3.07. The number of fused-ring (bicyclic) bond motifs is 1. The van der Waals surface area contributed by atoms with Crippen molar-refractivity contribution in [3.63, 3.8) is 0 Å². The Kier molecular flexibility index (Phi) is 2.94. The molecule has 0 aliphatic carbocycles. The van der Waals surface area contributed by atoms with Gasteiger partial charge in [0.2, 0.25) is 0 Å². The van der Waals surface area contributed by atoms with Crippen molar-refractivity contribution >= 4 is 28.0 Å². The summed E-state index contributed by atoms with van der Waals surface area (Å²) in [5.41, 5.74) is 9.24. The second kappa shape index (κ2) is 4.90. The number of nitrogens with two attached hydrogens (primary N) is 1. The second-order valence-corrected chi connectivity index (χ2v) is 4.42. The molecular formula is C16H12N4. The number of rotatable bonds is 2. The number of benzene rings is 2. The Bertz CT molecular complexity index is 813. The highest BCUT2D eigenvalue weighted by Gasteiger charge is 2.06. The van der Waals surface area contributed by atoms with Gasteiger partial charge in [-0.25, -0.2) is 0 Å². The van der Waals surface area contributed by atoms with Crippen LogP contribution in [-0.2, 0) is 0 Å². The van der Waals surface area contributed by atoms with Crippen molar-refractivity contribution in [2.24, 2.45) is 0 Å². The summed E-state index contributed by atoms with van der Waals surface area (Å²) in [4.78, 5) is 4.38. The molecular weight excluding hydrogens is 248 g/mol.